The van der Waals surface area contributed by atoms with Crippen LogP contribution in [-0.4, -0.2) is 62.8 Å². The van der Waals surface area contributed by atoms with Crippen molar-refractivity contribution in [3.63, 3.8) is 0 Å². The Bertz CT molecular complexity index is 620. The van der Waals surface area contributed by atoms with Crippen LogP contribution in [-0.2, 0) is 10.0 Å². The van der Waals surface area contributed by atoms with Gasteiger partial charge in [-0.05, 0) is 24.3 Å². The molecule has 0 bridgehead atoms. The van der Waals surface area contributed by atoms with Gasteiger partial charge in [0.15, 0.2) is 0 Å². The Hall–Kier alpha value is -0.670. The molecule has 9 heteroatoms. The number of rotatable bonds is 3. The molecule has 0 atom stereocenters. The first-order valence-electron chi connectivity index (χ1n) is 7.18. The smallest absolute Gasteiger partial charge is 0.265 e. The van der Waals surface area contributed by atoms with Crippen LogP contribution in [0.1, 0.15) is 22.5 Å². The van der Waals surface area contributed by atoms with Crippen molar-refractivity contribution in [2.45, 2.75) is 17.7 Å². The normalized spacial score (nSPS) is 19.9. The van der Waals surface area contributed by atoms with E-state index >= 15 is 0 Å². The highest BCUT2D eigenvalue weighted by Gasteiger charge is 2.33. The molecule has 0 spiro atoms. The molecule has 6 nitrogen and oxygen atoms in total. The Labute approximate surface area is 140 Å². The summed E-state index contributed by atoms with van der Waals surface area (Å²) in [6.45, 7) is 3.87. The van der Waals surface area contributed by atoms with Crippen molar-refractivity contribution < 1.29 is 13.2 Å². The summed E-state index contributed by atoms with van der Waals surface area (Å²) in [7, 11) is -3.53. The average molecular weight is 366 g/mol. The van der Waals surface area contributed by atoms with Crippen LogP contribution >= 0.6 is 23.7 Å². The van der Waals surface area contributed by atoms with Gasteiger partial charge in [0, 0.05) is 39.3 Å². The quantitative estimate of drug-likeness (QED) is 0.867. The van der Waals surface area contributed by atoms with Crippen LogP contribution in [0, 0.1) is 0 Å². The Morgan fingerprint density at radius 2 is 1.77 bits per heavy atom. The molecule has 0 unspecified atom stereocenters. The van der Waals surface area contributed by atoms with Crippen molar-refractivity contribution in [1.29, 1.82) is 0 Å². The molecule has 22 heavy (non-hydrogen) atoms. The standard InChI is InChI=1S/C13H19N3O3S2.ClH/c17-13(15-8-4-14-5-9-15)12-11(3-10-20-12)21(18,19)16-6-1-2-7-16;/h3,10,14H,1-2,4-9H2;1H. The van der Waals surface area contributed by atoms with Gasteiger partial charge < -0.3 is 10.2 Å². The van der Waals surface area contributed by atoms with Gasteiger partial charge in [-0.25, -0.2) is 8.42 Å². The zero-order chi connectivity index (χ0) is 14.9. The summed E-state index contributed by atoms with van der Waals surface area (Å²) < 4.78 is 26.8. The van der Waals surface area contributed by atoms with Crippen molar-refractivity contribution in [2.24, 2.45) is 0 Å². The Morgan fingerprint density at radius 1 is 1.14 bits per heavy atom. The van der Waals surface area contributed by atoms with Gasteiger partial charge in [0.25, 0.3) is 5.91 Å². The van der Waals surface area contributed by atoms with Crippen molar-refractivity contribution in [3.8, 4) is 0 Å². The molecule has 0 aromatic carbocycles. The zero-order valence-electron chi connectivity index (χ0n) is 12.2. The summed E-state index contributed by atoms with van der Waals surface area (Å²) in [5.74, 6) is -0.163. The first-order valence-corrected chi connectivity index (χ1v) is 9.50. The molecule has 1 N–H and O–H groups in total. The van der Waals surface area contributed by atoms with Crippen LogP contribution in [0.25, 0.3) is 0 Å². The number of hydrogen-bond acceptors (Lipinski definition) is 5. The fourth-order valence-corrected chi connectivity index (χ4v) is 5.62. The Morgan fingerprint density at radius 3 is 2.41 bits per heavy atom. The van der Waals surface area contributed by atoms with Gasteiger partial charge in [0.1, 0.15) is 9.77 Å². The fourth-order valence-electron chi connectivity index (χ4n) is 2.74. The molecular weight excluding hydrogens is 346 g/mol. The number of halogens is 1. The van der Waals surface area contributed by atoms with Gasteiger partial charge >= 0.3 is 0 Å². The van der Waals surface area contributed by atoms with E-state index in [1.165, 1.54) is 15.6 Å². The molecule has 1 aromatic rings. The minimum absolute atomic E-state index is 0. The lowest BCUT2D eigenvalue weighted by atomic mass is 10.3. The van der Waals surface area contributed by atoms with Gasteiger partial charge in [-0.3, -0.25) is 4.79 Å². The summed E-state index contributed by atoms with van der Waals surface area (Å²) in [4.78, 5) is 14.8. The van der Waals surface area contributed by atoms with Crippen molar-refractivity contribution in [1.82, 2.24) is 14.5 Å². The van der Waals surface area contributed by atoms with Crippen LogP contribution in [0.5, 0.6) is 0 Å². The number of hydrogen-bond donors (Lipinski definition) is 1. The number of sulfonamides is 1. The third kappa shape index (κ3) is 3.30. The third-order valence-electron chi connectivity index (χ3n) is 3.91. The van der Waals surface area contributed by atoms with Crippen molar-refractivity contribution in [3.05, 3.63) is 16.3 Å². The van der Waals surface area contributed by atoms with Crippen LogP contribution < -0.4 is 5.32 Å². The van der Waals surface area contributed by atoms with Gasteiger partial charge in [0.05, 0.1) is 0 Å². The number of nitrogens with one attached hydrogen (secondary N) is 1. The second-order valence-corrected chi connectivity index (χ2v) is 8.09. The Balaban J connectivity index is 0.00000176. The van der Waals surface area contributed by atoms with Crippen LogP contribution in [0.4, 0.5) is 0 Å². The maximum Gasteiger partial charge on any atom is 0.265 e. The molecule has 2 aliphatic heterocycles. The van der Waals surface area contributed by atoms with Crippen LogP contribution in [0.15, 0.2) is 16.3 Å². The van der Waals surface area contributed by atoms with Gasteiger partial charge in [0.2, 0.25) is 10.0 Å². The number of amides is 1. The van der Waals surface area contributed by atoms with E-state index in [-0.39, 0.29) is 23.2 Å². The largest absolute Gasteiger partial charge is 0.335 e. The number of carbonyl (C=O) groups excluding carboxylic acids is 1. The number of nitrogens with zero attached hydrogens (tertiary/aromatic N) is 2. The molecular formula is C13H20ClN3O3S2. The summed E-state index contributed by atoms with van der Waals surface area (Å²) in [5, 5.41) is 4.88. The predicted molar refractivity (Wildman–Crippen MR) is 88.3 cm³/mol. The molecule has 1 amide bonds. The lowest BCUT2D eigenvalue weighted by Crippen LogP contribution is -2.46. The highest BCUT2D eigenvalue weighted by atomic mass is 35.5. The van der Waals surface area contributed by atoms with Crippen LogP contribution in [0.3, 0.4) is 0 Å². The van der Waals surface area contributed by atoms with Gasteiger partial charge in [-0.15, -0.1) is 23.7 Å². The lowest BCUT2D eigenvalue weighted by molar-refractivity contribution is 0.0737. The zero-order valence-corrected chi connectivity index (χ0v) is 14.6. The SMILES string of the molecule is Cl.O=C(c1sccc1S(=O)(=O)N1CCCC1)N1CCNCC1. The molecule has 2 fully saturated rings. The molecule has 1 aromatic heterocycles. The lowest BCUT2D eigenvalue weighted by Gasteiger charge is -2.27. The van der Waals surface area contributed by atoms with E-state index < -0.39 is 10.0 Å². The topological polar surface area (TPSA) is 69.7 Å². The van der Waals surface area contributed by atoms with Gasteiger partial charge in [-0.2, -0.15) is 4.31 Å². The third-order valence-corrected chi connectivity index (χ3v) is 6.88. The van der Waals surface area contributed by atoms with E-state index in [2.05, 4.69) is 5.32 Å². The minimum Gasteiger partial charge on any atom is -0.335 e. The molecule has 0 saturated carbocycles. The van der Waals surface area contributed by atoms with E-state index in [0.717, 1.165) is 25.9 Å². The van der Waals surface area contributed by atoms with Gasteiger partial charge in [-0.1, -0.05) is 0 Å². The van der Waals surface area contributed by atoms with Crippen molar-refractivity contribution >= 4 is 39.7 Å². The van der Waals surface area contributed by atoms with E-state index in [1.807, 2.05) is 0 Å². The van der Waals surface area contributed by atoms with Crippen LogP contribution in [0.2, 0.25) is 0 Å². The summed E-state index contributed by atoms with van der Waals surface area (Å²) in [6, 6.07) is 1.56. The maximum atomic E-state index is 12.7. The van der Waals surface area contributed by atoms with E-state index in [4.69, 9.17) is 0 Å². The first-order chi connectivity index (χ1) is 10.1. The van der Waals surface area contributed by atoms with E-state index in [9.17, 15) is 13.2 Å². The van der Waals surface area contributed by atoms with E-state index in [1.54, 1.807) is 16.3 Å². The second-order valence-electron chi connectivity index (χ2n) is 5.27. The number of piperazine rings is 1. The molecule has 124 valence electrons. The second kappa shape index (κ2) is 7.27. The summed E-state index contributed by atoms with van der Waals surface area (Å²) in [5.41, 5.74) is 0. The molecule has 0 radical (unpaired) electrons. The number of thiophene rings is 1. The first kappa shape index (κ1) is 17.7. The van der Waals surface area contributed by atoms with E-state index in [0.29, 0.717) is 31.1 Å². The highest BCUT2D eigenvalue weighted by molar-refractivity contribution is 7.89. The highest BCUT2D eigenvalue weighted by Crippen LogP contribution is 2.28. The summed E-state index contributed by atoms with van der Waals surface area (Å²) >= 11 is 1.22. The number of carbonyl (C=O) groups is 1. The molecule has 2 aliphatic rings. The maximum absolute atomic E-state index is 12.7. The Kier molecular flexibility index (Phi) is 5.84. The molecule has 0 aliphatic carbocycles. The predicted octanol–water partition coefficient (Wildman–Crippen LogP) is 1.000. The molecule has 2 saturated heterocycles. The monoisotopic (exact) mass is 365 g/mol. The van der Waals surface area contributed by atoms with Crippen molar-refractivity contribution in [2.75, 3.05) is 39.3 Å². The minimum atomic E-state index is -3.53. The average Bonchev–Trinajstić information content (AvgIpc) is 3.19. The molecule has 3 rings (SSSR count). The summed E-state index contributed by atoms with van der Waals surface area (Å²) in [6.07, 6.45) is 1.79. The fraction of sp³-hybridized carbons (Fsp3) is 0.615. The molecule has 3 heterocycles.